The fourth-order valence-electron chi connectivity index (χ4n) is 2.92. The molecule has 0 spiro atoms. The Morgan fingerprint density at radius 3 is 2.67 bits per heavy atom. The molecule has 1 unspecified atom stereocenters. The lowest BCUT2D eigenvalue weighted by Gasteiger charge is -2.18. The summed E-state index contributed by atoms with van der Waals surface area (Å²) in [7, 11) is -4.87. The molecule has 2 aromatic rings. The number of sulfone groups is 1. The van der Waals surface area contributed by atoms with E-state index in [-0.39, 0.29) is 18.2 Å². The number of pyridine rings is 1. The molecule has 1 aliphatic rings. The van der Waals surface area contributed by atoms with Crippen molar-refractivity contribution in [3.8, 4) is 5.88 Å². The minimum absolute atomic E-state index is 0.220. The van der Waals surface area contributed by atoms with Crippen LogP contribution in [0.5, 0.6) is 5.88 Å². The predicted molar refractivity (Wildman–Crippen MR) is 93.5 cm³/mol. The number of aryl methyl sites for hydroxylation is 1. The molecule has 1 atom stereocenters. The highest BCUT2D eigenvalue weighted by Crippen LogP contribution is 2.25. The number of nitrogens with zero attached hydrogens (tertiary/aromatic N) is 2. The third-order valence-electron chi connectivity index (χ3n) is 4.24. The molecule has 1 amide bonds. The second-order valence-electron chi connectivity index (χ2n) is 6.20. The molecule has 1 aliphatic heterocycles. The number of hydrogen-bond acceptors (Lipinski definition) is 5. The molecule has 0 bridgehead atoms. The summed E-state index contributed by atoms with van der Waals surface area (Å²) >= 11 is 0. The molecule has 6 nitrogen and oxygen atoms in total. The number of ether oxygens (including phenoxy) is 1. The van der Waals surface area contributed by atoms with Crippen molar-refractivity contribution in [3.63, 3.8) is 0 Å². The lowest BCUT2D eigenvalue weighted by Crippen LogP contribution is -2.32. The molecule has 144 valence electrons. The van der Waals surface area contributed by atoms with Gasteiger partial charge in [-0.3, -0.25) is 4.79 Å². The van der Waals surface area contributed by atoms with E-state index in [0.717, 1.165) is 11.8 Å². The molecule has 9 heteroatoms. The van der Waals surface area contributed by atoms with E-state index >= 15 is 0 Å². The number of alkyl halides is 2. The second kappa shape index (κ2) is 7.59. The summed E-state index contributed by atoms with van der Waals surface area (Å²) in [6, 6.07) is 10.4. The summed E-state index contributed by atoms with van der Waals surface area (Å²) in [4.78, 5) is 17.7. The first kappa shape index (κ1) is 19.2. The smallest absolute Gasteiger partial charge is 0.341 e. The van der Waals surface area contributed by atoms with Crippen LogP contribution in [0.4, 0.5) is 8.78 Å². The van der Waals surface area contributed by atoms with Crippen molar-refractivity contribution in [1.29, 1.82) is 0 Å². The molecule has 2 heterocycles. The van der Waals surface area contributed by atoms with Crippen LogP contribution in [-0.4, -0.2) is 49.2 Å². The van der Waals surface area contributed by atoms with Gasteiger partial charge in [-0.2, -0.15) is 8.78 Å². The van der Waals surface area contributed by atoms with Crippen molar-refractivity contribution < 1.29 is 26.7 Å². The van der Waals surface area contributed by atoms with Gasteiger partial charge in [0.25, 0.3) is 5.91 Å². The first-order valence-electron chi connectivity index (χ1n) is 8.29. The lowest BCUT2D eigenvalue weighted by atomic mass is 10.2. The number of halogens is 2. The average molecular weight is 396 g/mol. The minimum atomic E-state index is -4.87. The Morgan fingerprint density at radius 2 is 1.96 bits per heavy atom. The number of carbonyl (C=O) groups is 1. The fourth-order valence-corrected chi connectivity index (χ4v) is 3.84. The van der Waals surface area contributed by atoms with Crippen molar-refractivity contribution in [2.75, 3.05) is 13.1 Å². The standard InChI is InChI=1S/C18H18F2N2O4S/c1-12-5-4-8-16(21-12)26-13-9-10-22(11-13)17(23)14-6-2-3-7-15(14)27(24,25)18(19)20/h2-8,13,18H,9-11H2,1H3. The third-order valence-corrected chi connectivity index (χ3v) is 5.68. The topological polar surface area (TPSA) is 76.6 Å². The largest absolute Gasteiger partial charge is 0.472 e. The number of hydrogen-bond donors (Lipinski definition) is 0. The van der Waals surface area contributed by atoms with Gasteiger partial charge in [-0.25, -0.2) is 13.4 Å². The van der Waals surface area contributed by atoms with Gasteiger partial charge in [0.2, 0.25) is 15.7 Å². The molecular formula is C18H18F2N2O4S. The summed E-state index contributed by atoms with van der Waals surface area (Å²) in [6.07, 6.45) is 0.229. The van der Waals surface area contributed by atoms with Gasteiger partial charge < -0.3 is 9.64 Å². The normalized spacial score (nSPS) is 17.3. The lowest BCUT2D eigenvalue weighted by molar-refractivity contribution is 0.0767. The van der Waals surface area contributed by atoms with E-state index in [0.29, 0.717) is 18.8 Å². The summed E-state index contributed by atoms with van der Waals surface area (Å²) in [5.41, 5.74) is 0.539. The second-order valence-corrected chi connectivity index (χ2v) is 8.08. The van der Waals surface area contributed by atoms with Crippen LogP contribution in [0.1, 0.15) is 22.5 Å². The van der Waals surface area contributed by atoms with Crippen LogP contribution in [0.25, 0.3) is 0 Å². The van der Waals surface area contributed by atoms with E-state index in [1.54, 1.807) is 12.1 Å². The number of likely N-dealkylation sites (tertiary alicyclic amines) is 1. The van der Waals surface area contributed by atoms with Crippen LogP contribution in [0, 0.1) is 6.92 Å². The highest BCUT2D eigenvalue weighted by atomic mass is 32.2. The number of carbonyl (C=O) groups excluding carboxylic acids is 1. The zero-order valence-corrected chi connectivity index (χ0v) is 15.3. The van der Waals surface area contributed by atoms with E-state index < -0.39 is 26.4 Å². The van der Waals surface area contributed by atoms with Crippen molar-refractivity contribution in [2.45, 2.75) is 30.1 Å². The van der Waals surface area contributed by atoms with E-state index in [1.165, 1.54) is 23.1 Å². The molecule has 0 N–H and O–H groups in total. The molecule has 27 heavy (non-hydrogen) atoms. The molecule has 1 aromatic heterocycles. The van der Waals surface area contributed by atoms with Gasteiger partial charge in [0.05, 0.1) is 17.0 Å². The maximum absolute atomic E-state index is 12.9. The molecule has 0 aliphatic carbocycles. The number of benzene rings is 1. The maximum Gasteiger partial charge on any atom is 0.341 e. The first-order chi connectivity index (χ1) is 12.8. The van der Waals surface area contributed by atoms with Crippen molar-refractivity contribution in [3.05, 3.63) is 53.7 Å². The Labute approximate surface area is 155 Å². The van der Waals surface area contributed by atoms with E-state index in [4.69, 9.17) is 4.74 Å². The highest BCUT2D eigenvalue weighted by molar-refractivity contribution is 7.91. The van der Waals surface area contributed by atoms with Gasteiger partial charge in [-0.15, -0.1) is 0 Å². The SMILES string of the molecule is Cc1cccc(OC2CCN(C(=O)c3ccccc3S(=O)(=O)C(F)F)C2)n1. The number of amides is 1. The Bertz CT molecular complexity index is 950. The van der Waals surface area contributed by atoms with Gasteiger partial charge in [0.1, 0.15) is 6.10 Å². The van der Waals surface area contributed by atoms with Crippen LogP contribution in [0.15, 0.2) is 47.4 Å². The predicted octanol–water partition coefficient (Wildman–Crippen LogP) is 2.68. The van der Waals surface area contributed by atoms with Gasteiger partial charge in [-0.05, 0) is 25.1 Å². The van der Waals surface area contributed by atoms with Crippen molar-refractivity contribution in [2.24, 2.45) is 0 Å². The summed E-state index contributed by atoms with van der Waals surface area (Å²) in [5, 5.41) is 0. The van der Waals surface area contributed by atoms with Crippen LogP contribution in [0.3, 0.4) is 0 Å². The monoisotopic (exact) mass is 396 g/mol. The number of rotatable bonds is 5. The summed E-state index contributed by atoms with van der Waals surface area (Å²) < 4.78 is 55.3. The first-order valence-corrected chi connectivity index (χ1v) is 9.84. The van der Waals surface area contributed by atoms with Gasteiger partial charge >= 0.3 is 5.76 Å². The maximum atomic E-state index is 12.9. The summed E-state index contributed by atoms with van der Waals surface area (Å²) in [5.74, 6) is -3.76. The Hall–Kier alpha value is -2.55. The Morgan fingerprint density at radius 1 is 1.22 bits per heavy atom. The van der Waals surface area contributed by atoms with Crippen LogP contribution < -0.4 is 4.74 Å². The molecule has 1 saturated heterocycles. The van der Waals surface area contributed by atoms with E-state index in [1.807, 2.05) is 13.0 Å². The van der Waals surface area contributed by atoms with Gasteiger partial charge in [0.15, 0.2) is 0 Å². The summed E-state index contributed by atoms with van der Waals surface area (Å²) in [6.45, 7) is 2.38. The Balaban J connectivity index is 1.76. The molecule has 1 fully saturated rings. The van der Waals surface area contributed by atoms with E-state index in [9.17, 15) is 22.0 Å². The Kier molecular flexibility index (Phi) is 5.41. The average Bonchev–Trinajstić information content (AvgIpc) is 3.09. The van der Waals surface area contributed by atoms with Crippen molar-refractivity contribution >= 4 is 15.7 Å². The highest BCUT2D eigenvalue weighted by Gasteiger charge is 2.34. The molecule has 3 rings (SSSR count). The molecule has 1 aromatic carbocycles. The van der Waals surface area contributed by atoms with E-state index in [2.05, 4.69) is 4.98 Å². The minimum Gasteiger partial charge on any atom is -0.472 e. The van der Waals surface area contributed by atoms with Crippen molar-refractivity contribution in [1.82, 2.24) is 9.88 Å². The molecular weight excluding hydrogens is 378 g/mol. The number of aromatic nitrogens is 1. The quantitative estimate of drug-likeness (QED) is 0.777. The van der Waals surface area contributed by atoms with Crippen LogP contribution in [-0.2, 0) is 9.84 Å². The van der Waals surface area contributed by atoms with Gasteiger partial charge in [0, 0.05) is 24.7 Å². The zero-order valence-electron chi connectivity index (χ0n) is 14.5. The molecule has 0 saturated carbocycles. The van der Waals surface area contributed by atoms with Crippen LogP contribution >= 0.6 is 0 Å². The van der Waals surface area contributed by atoms with Crippen LogP contribution in [0.2, 0.25) is 0 Å². The zero-order chi connectivity index (χ0) is 19.6. The third kappa shape index (κ3) is 4.08. The molecule has 0 radical (unpaired) electrons. The van der Waals surface area contributed by atoms with Gasteiger partial charge in [-0.1, -0.05) is 18.2 Å². The fraction of sp³-hybridized carbons (Fsp3) is 0.333.